The Kier molecular flexibility index (Phi) is 4.39. The summed E-state index contributed by atoms with van der Waals surface area (Å²) in [6.07, 6.45) is 2.78. The number of nitrogens with one attached hydrogen (secondary N) is 1. The normalized spacial score (nSPS) is 16.3. The van der Waals surface area contributed by atoms with Crippen molar-refractivity contribution in [1.29, 1.82) is 0 Å². The Balaban J connectivity index is 1.59. The number of amides is 1. The molecule has 1 aromatic heterocycles. The van der Waals surface area contributed by atoms with Crippen molar-refractivity contribution in [2.24, 2.45) is 0 Å². The number of piperidine rings is 1. The number of aromatic amines is 1. The lowest BCUT2D eigenvalue weighted by Gasteiger charge is -2.40. The van der Waals surface area contributed by atoms with Crippen molar-refractivity contribution in [3.63, 3.8) is 0 Å². The van der Waals surface area contributed by atoms with Gasteiger partial charge < -0.3 is 9.64 Å². The highest BCUT2D eigenvalue weighted by Crippen LogP contribution is 2.37. The number of fused-ring (bicyclic) bond motifs is 1. The SMILES string of the molecule is COC(=O)C1(c2ccccc2)CCN(C(=O)c2cccc3cn[nH]c23)CC1. The fraction of sp³-hybridized carbons (Fsp3) is 0.286. The minimum absolute atomic E-state index is 0.0450. The van der Waals surface area contributed by atoms with Crippen LogP contribution in [0.3, 0.4) is 0 Å². The van der Waals surface area contributed by atoms with Crippen molar-refractivity contribution in [2.45, 2.75) is 18.3 Å². The molecule has 1 fully saturated rings. The number of esters is 1. The molecule has 1 aliphatic heterocycles. The van der Waals surface area contributed by atoms with Gasteiger partial charge in [0.15, 0.2) is 0 Å². The van der Waals surface area contributed by atoms with Crippen LogP contribution in [0.5, 0.6) is 0 Å². The quantitative estimate of drug-likeness (QED) is 0.726. The van der Waals surface area contributed by atoms with E-state index in [0.29, 0.717) is 31.5 Å². The van der Waals surface area contributed by atoms with Crippen LogP contribution in [0, 0.1) is 0 Å². The van der Waals surface area contributed by atoms with Gasteiger partial charge in [-0.1, -0.05) is 42.5 Å². The van der Waals surface area contributed by atoms with Crippen molar-refractivity contribution in [3.05, 3.63) is 65.9 Å². The molecule has 0 aliphatic carbocycles. The van der Waals surface area contributed by atoms with Crippen LogP contribution in [-0.2, 0) is 14.9 Å². The van der Waals surface area contributed by atoms with Crippen LogP contribution in [-0.4, -0.2) is 47.2 Å². The molecule has 0 atom stereocenters. The van der Waals surface area contributed by atoms with E-state index in [2.05, 4.69) is 10.2 Å². The molecule has 0 spiro atoms. The molecule has 0 saturated carbocycles. The highest BCUT2D eigenvalue weighted by Gasteiger charge is 2.44. The average Bonchev–Trinajstić information content (AvgIpc) is 3.22. The van der Waals surface area contributed by atoms with Gasteiger partial charge in [0.05, 0.1) is 29.8 Å². The van der Waals surface area contributed by atoms with Crippen LogP contribution < -0.4 is 0 Å². The standard InChI is InChI=1S/C21H21N3O3/c1-27-20(26)21(16-7-3-2-4-8-16)10-12-24(13-11-21)19(25)17-9-5-6-15-14-22-23-18(15)17/h2-9,14H,10-13H2,1H3,(H,22,23). The van der Waals surface area contributed by atoms with Gasteiger partial charge in [-0.3, -0.25) is 14.7 Å². The lowest BCUT2D eigenvalue weighted by molar-refractivity contribution is -0.149. The third-order valence-electron chi connectivity index (χ3n) is 5.51. The first kappa shape index (κ1) is 17.3. The highest BCUT2D eigenvalue weighted by atomic mass is 16.5. The number of aromatic nitrogens is 2. The summed E-state index contributed by atoms with van der Waals surface area (Å²) in [5.74, 6) is -0.284. The molecule has 4 rings (SSSR count). The average molecular weight is 363 g/mol. The Morgan fingerprint density at radius 1 is 1.07 bits per heavy atom. The molecule has 1 saturated heterocycles. The molecular weight excluding hydrogens is 342 g/mol. The lowest BCUT2D eigenvalue weighted by atomic mass is 9.72. The number of hydrogen-bond acceptors (Lipinski definition) is 4. The Labute approximate surface area is 157 Å². The third kappa shape index (κ3) is 2.87. The van der Waals surface area contributed by atoms with Crippen molar-refractivity contribution in [3.8, 4) is 0 Å². The van der Waals surface area contributed by atoms with Gasteiger partial charge in [0, 0.05) is 18.5 Å². The molecule has 1 amide bonds. The maximum absolute atomic E-state index is 13.1. The molecule has 0 bridgehead atoms. The third-order valence-corrected chi connectivity index (χ3v) is 5.51. The molecular formula is C21H21N3O3. The number of carbonyl (C=O) groups is 2. The predicted octanol–water partition coefficient (Wildman–Crippen LogP) is 2.91. The van der Waals surface area contributed by atoms with Gasteiger partial charge in [-0.2, -0.15) is 5.10 Å². The van der Waals surface area contributed by atoms with E-state index in [1.165, 1.54) is 7.11 Å². The molecule has 1 aliphatic rings. The first-order chi connectivity index (χ1) is 13.2. The summed E-state index contributed by atoms with van der Waals surface area (Å²) in [5, 5.41) is 7.84. The zero-order valence-electron chi connectivity index (χ0n) is 15.1. The summed E-state index contributed by atoms with van der Waals surface area (Å²) in [5.41, 5.74) is 1.59. The monoisotopic (exact) mass is 363 g/mol. The van der Waals surface area contributed by atoms with Gasteiger partial charge in [-0.05, 0) is 24.5 Å². The molecule has 1 N–H and O–H groups in total. The Bertz CT molecular complexity index is 973. The number of carbonyl (C=O) groups excluding carboxylic acids is 2. The van der Waals surface area contributed by atoms with Gasteiger partial charge in [0.25, 0.3) is 5.91 Å². The molecule has 0 unspecified atom stereocenters. The lowest BCUT2D eigenvalue weighted by Crippen LogP contribution is -2.49. The van der Waals surface area contributed by atoms with E-state index in [4.69, 9.17) is 4.74 Å². The fourth-order valence-electron chi connectivity index (χ4n) is 3.97. The Morgan fingerprint density at radius 2 is 1.81 bits per heavy atom. The van der Waals surface area contributed by atoms with Crippen molar-refractivity contribution in [2.75, 3.05) is 20.2 Å². The van der Waals surface area contributed by atoms with E-state index >= 15 is 0 Å². The Hall–Kier alpha value is -3.15. The van der Waals surface area contributed by atoms with Gasteiger partial charge in [0.1, 0.15) is 0 Å². The van der Waals surface area contributed by atoms with E-state index in [-0.39, 0.29) is 11.9 Å². The molecule has 0 radical (unpaired) electrons. The van der Waals surface area contributed by atoms with Crippen LogP contribution in [0.2, 0.25) is 0 Å². The van der Waals surface area contributed by atoms with Crippen LogP contribution in [0.4, 0.5) is 0 Å². The number of benzene rings is 2. The number of likely N-dealkylation sites (tertiary alicyclic amines) is 1. The molecule has 6 nitrogen and oxygen atoms in total. The van der Waals surface area contributed by atoms with E-state index in [0.717, 1.165) is 16.5 Å². The van der Waals surface area contributed by atoms with Crippen molar-refractivity contribution in [1.82, 2.24) is 15.1 Å². The Morgan fingerprint density at radius 3 is 2.52 bits per heavy atom. The number of para-hydroxylation sites is 1. The van der Waals surface area contributed by atoms with E-state index in [1.807, 2.05) is 48.5 Å². The van der Waals surface area contributed by atoms with Gasteiger partial charge >= 0.3 is 5.97 Å². The minimum atomic E-state index is -0.702. The molecule has 3 aromatic rings. The number of rotatable bonds is 3. The topological polar surface area (TPSA) is 75.3 Å². The van der Waals surface area contributed by atoms with Crippen molar-refractivity contribution >= 4 is 22.8 Å². The minimum Gasteiger partial charge on any atom is -0.468 e. The van der Waals surface area contributed by atoms with Crippen molar-refractivity contribution < 1.29 is 14.3 Å². The smallest absolute Gasteiger partial charge is 0.316 e. The number of nitrogens with zero attached hydrogens (tertiary/aromatic N) is 2. The fourth-order valence-corrected chi connectivity index (χ4v) is 3.97. The number of ether oxygens (including phenoxy) is 1. The van der Waals surface area contributed by atoms with E-state index in [1.54, 1.807) is 11.1 Å². The van der Waals surface area contributed by atoms with Crippen LogP contribution in [0.25, 0.3) is 10.9 Å². The second kappa shape index (κ2) is 6.87. The molecule has 6 heteroatoms. The van der Waals surface area contributed by atoms with Gasteiger partial charge in [-0.25, -0.2) is 0 Å². The summed E-state index contributed by atoms with van der Waals surface area (Å²) >= 11 is 0. The molecule has 2 heterocycles. The second-order valence-corrected chi connectivity index (χ2v) is 6.87. The zero-order chi connectivity index (χ0) is 18.9. The first-order valence-corrected chi connectivity index (χ1v) is 9.01. The summed E-state index contributed by atoms with van der Waals surface area (Å²) in [6, 6.07) is 15.3. The van der Waals surface area contributed by atoms with Crippen LogP contribution >= 0.6 is 0 Å². The zero-order valence-corrected chi connectivity index (χ0v) is 15.1. The number of hydrogen-bond donors (Lipinski definition) is 1. The van der Waals surface area contributed by atoms with Gasteiger partial charge in [0.2, 0.25) is 0 Å². The second-order valence-electron chi connectivity index (χ2n) is 6.87. The highest BCUT2D eigenvalue weighted by molar-refractivity contribution is 6.05. The summed E-state index contributed by atoms with van der Waals surface area (Å²) in [7, 11) is 1.42. The maximum Gasteiger partial charge on any atom is 0.316 e. The predicted molar refractivity (Wildman–Crippen MR) is 101 cm³/mol. The molecule has 27 heavy (non-hydrogen) atoms. The summed E-state index contributed by atoms with van der Waals surface area (Å²) in [4.78, 5) is 27.5. The number of H-pyrrole nitrogens is 1. The molecule has 2 aromatic carbocycles. The number of methoxy groups -OCH3 is 1. The maximum atomic E-state index is 13.1. The van der Waals surface area contributed by atoms with Crippen LogP contribution in [0.1, 0.15) is 28.8 Å². The largest absolute Gasteiger partial charge is 0.468 e. The van der Waals surface area contributed by atoms with E-state index < -0.39 is 5.41 Å². The molecule has 138 valence electrons. The summed E-state index contributed by atoms with van der Waals surface area (Å²) in [6.45, 7) is 0.987. The van der Waals surface area contributed by atoms with E-state index in [9.17, 15) is 9.59 Å². The van der Waals surface area contributed by atoms with Gasteiger partial charge in [-0.15, -0.1) is 0 Å². The first-order valence-electron chi connectivity index (χ1n) is 9.01. The summed E-state index contributed by atoms with van der Waals surface area (Å²) < 4.78 is 5.12. The van der Waals surface area contributed by atoms with Crippen LogP contribution in [0.15, 0.2) is 54.7 Å².